The summed E-state index contributed by atoms with van der Waals surface area (Å²) >= 11 is 1.80. The lowest BCUT2D eigenvalue weighted by Crippen LogP contribution is -2.06. The molecule has 6 nitrogen and oxygen atoms in total. The fourth-order valence-corrected chi connectivity index (χ4v) is 7.10. The van der Waals surface area contributed by atoms with Gasteiger partial charge in [-0.3, -0.25) is 4.57 Å². The van der Waals surface area contributed by atoms with Gasteiger partial charge in [-0.05, 0) is 18.2 Å². The van der Waals surface area contributed by atoms with Crippen molar-refractivity contribution in [1.82, 2.24) is 29.5 Å². The first-order chi connectivity index (χ1) is 20.8. The van der Waals surface area contributed by atoms with Gasteiger partial charge in [-0.1, -0.05) is 91.0 Å². The lowest BCUT2D eigenvalue weighted by molar-refractivity contribution is 0.955. The van der Waals surface area contributed by atoms with Crippen molar-refractivity contribution in [2.75, 3.05) is 0 Å². The second-order valence-electron chi connectivity index (χ2n) is 10.2. The zero-order chi connectivity index (χ0) is 27.6. The molecule has 0 radical (unpaired) electrons. The number of nitrogens with zero attached hydrogens (tertiary/aromatic N) is 6. The summed E-state index contributed by atoms with van der Waals surface area (Å²) in [6.45, 7) is 0. The van der Waals surface area contributed by atoms with Crippen molar-refractivity contribution in [1.29, 1.82) is 0 Å². The molecule has 9 rings (SSSR count). The molecule has 0 N–H and O–H groups in total. The maximum atomic E-state index is 5.13. The fourth-order valence-electron chi connectivity index (χ4n) is 5.86. The van der Waals surface area contributed by atoms with Crippen LogP contribution in [0.25, 0.3) is 81.6 Å². The Bertz CT molecular complexity index is 2400. The summed E-state index contributed by atoms with van der Waals surface area (Å²) in [5.74, 6) is 1.83. The van der Waals surface area contributed by atoms with E-state index in [0.717, 1.165) is 43.8 Å². The lowest BCUT2D eigenvalue weighted by atomic mass is 10.1. The van der Waals surface area contributed by atoms with Gasteiger partial charge >= 0.3 is 0 Å². The van der Waals surface area contributed by atoms with Gasteiger partial charge in [0.05, 0.1) is 21.3 Å². The Morgan fingerprint density at radius 1 is 0.595 bits per heavy atom. The molecule has 0 unspecified atom stereocenters. The van der Waals surface area contributed by atoms with Crippen molar-refractivity contribution in [3.05, 3.63) is 122 Å². The molecule has 0 aliphatic heterocycles. The zero-order valence-corrected chi connectivity index (χ0v) is 23.0. The highest BCUT2D eigenvalue weighted by Crippen LogP contribution is 2.43. The first-order valence-corrected chi connectivity index (χ1v) is 14.5. The van der Waals surface area contributed by atoms with E-state index in [1.54, 1.807) is 17.7 Å². The maximum absolute atomic E-state index is 5.13. The van der Waals surface area contributed by atoms with Gasteiger partial charge in [0, 0.05) is 49.0 Å². The summed E-state index contributed by atoms with van der Waals surface area (Å²) in [6, 6.07) is 37.5. The van der Waals surface area contributed by atoms with E-state index >= 15 is 0 Å². The van der Waals surface area contributed by atoms with Gasteiger partial charge in [0.2, 0.25) is 5.95 Å². The lowest BCUT2D eigenvalue weighted by Gasteiger charge is -2.11. The van der Waals surface area contributed by atoms with E-state index in [0.29, 0.717) is 17.6 Å². The van der Waals surface area contributed by atoms with Crippen LogP contribution in [0.2, 0.25) is 0 Å². The molecule has 9 aromatic rings. The molecule has 7 heteroatoms. The van der Waals surface area contributed by atoms with Gasteiger partial charge < -0.3 is 0 Å². The summed E-state index contributed by atoms with van der Waals surface area (Å²) in [5.41, 5.74) is 4.85. The van der Waals surface area contributed by atoms with Crippen molar-refractivity contribution in [3.63, 3.8) is 0 Å². The Labute approximate surface area is 243 Å². The Morgan fingerprint density at radius 2 is 1.29 bits per heavy atom. The molecule has 0 spiro atoms. The van der Waals surface area contributed by atoms with Crippen molar-refractivity contribution >= 4 is 64.2 Å². The van der Waals surface area contributed by atoms with Crippen LogP contribution in [0.4, 0.5) is 0 Å². The van der Waals surface area contributed by atoms with Crippen molar-refractivity contribution in [3.8, 4) is 28.7 Å². The van der Waals surface area contributed by atoms with E-state index in [1.807, 2.05) is 66.9 Å². The number of benzene rings is 5. The van der Waals surface area contributed by atoms with Crippen LogP contribution in [-0.4, -0.2) is 29.5 Å². The molecule has 0 aliphatic carbocycles. The third-order valence-electron chi connectivity index (χ3n) is 7.79. The van der Waals surface area contributed by atoms with E-state index in [-0.39, 0.29) is 0 Å². The third-order valence-corrected chi connectivity index (χ3v) is 8.98. The normalized spacial score (nSPS) is 11.8. The monoisotopic (exact) mass is 556 g/mol. The van der Waals surface area contributed by atoms with Gasteiger partial charge in [0.1, 0.15) is 6.33 Å². The van der Waals surface area contributed by atoms with Gasteiger partial charge in [-0.15, -0.1) is 11.3 Å². The zero-order valence-electron chi connectivity index (χ0n) is 22.1. The summed E-state index contributed by atoms with van der Waals surface area (Å²) < 4.78 is 4.65. The van der Waals surface area contributed by atoms with Crippen LogP contribution in [-0.2, 0) is 0 Å². The van der Waals surface area contributed by atoms with E-state index in [2.05, 4.69) is 63.1 Å². The van der Waals surface area contributed by atoms with Gasteiger partial charge in [-0.25, -0.2) is 15.0 Å². The van der Waals surface area contributed by atoms with E-state index < -0.39 is 0 Å². The number of thiophene rings is 1. The Hall–Kier alpha value is -5.53. The molecule has 0 fully saturated rings. The molecule has 0 bridgehead atoms. The summed E-state index contributed by atoms with van der Waals surface area (Å²) in [4.78, 5) is 24.1. The minimum absolute atomic E-state index is 0.573. The van der Waals surface area contributed by atoms with E-state index in [1.165, 1.54) is 20.2 Å². The Morgan fingerprint density at radius 3 is 2.05 bits per heavy atom. The summed E-state index contributed by atoms with van der Waals surface area (Å²) in [6.07, 6.45) is 3.46. The Balaban J connectivity index is 1.47. The highest BCUT2D eigenvalue weighted by Gasteiger charge is 2.21. The van der Waals surface area contributed by atoms with E-state index in [4.69, 9.17) is 15.0 Å². The standard InChI is InChI=1S/C35H20N6S/c1-3-9-21(10-4-1)33-38-34(22-11-5-2-6-12-22)40-35(39-33)41-29-17-23-19-36-20-37-28(23)18-27(29)25-15-16-26-24-13-7-8-14-30(24)42-32(26)31(25)41/h1-20H. The molecule has 0 atom stereocenters. The van der Waals surface area contributed by atoms with Crippen LogP contribution in [0, 0.1) is 0 Å². The molecule has 4 heterocycles. The molecular weight excluding hydrogens is 536 g/mol. The molecular formula is C35H20N6S. The second-order valence-corrected chi connectivity index (χ2v) is 11.3. The summed E-state index contributed by atoms with van der Waals surface area (Å²) in [5, 5.41) is 5.66. The van der Waals surface area contributed by atoms with Gasteiger partial charge in [0.15, 0.2) is 11.6 Å². The minimum atomic E-state index is 0.573. The number of fused-ring (bicyclic) bond motifs is 8. The Kier molecular flexibility index (Phi) is 4.97. The minimum Gasteiger partial charge on any atom is -0.276 e. The molecule has 5 aromatic carbocycles. The molecule has 0 saturated carbocycles. The first kappa shape index (κ1) is 23.2. The van der Waals surface area contributed by atoms with Crippen LogP contribution >= 0.6 is 11.3 Å². The quantitative estimate of drug-likeness (QED) is 0.218. The smallest absolute Gasteiger partial charge is 0.238 e. The predicted molar refractivity (Wildman–Crippen MR) is 171 cm³/mol. The number of aromatic nitrogens is 6. The van der Waals surface area contributed by atoms with Crippen molar-refractivity contribution < 1.29 is 0 Å². The van der Waals surface area contributed by atoms with Crippen LogP contribution in [0.3, 0.4) is 0 Å². The highest BCUT2D eigenvalue weighted by molar-refractivity contribution is 7.26. The van der Waals surface area contributed by atoms with E-state index in [9.17, 15) is 0 Å². The molecule has 196 valence electrons. The summed E-state index contributed by atoms with van der Waals surface area (Å²) in [7, 11) is 0. The topological polar surface area (TPSA) is 69.4 Å². The van der Waals surface area contributed by atoms with Gasteiger partial charge in [-0.2, -0.15) is 9.97 Å². The largest absolute Gasteiger partial charge is 0.276 e. The van der Waals surface area contributed by atoms with Crippen LogP contribution < -0.4 is 0 Å². The number of rotatable bonds is 3. The fraction of sp³-hybridized carbons (Fsp3) is 0. The third kappa shape index (κ3) is 3.47. The van der Waals surface area contributed by atoms with Crippen LogP contribution in [0.15, 0.2) is 122 Å². The van der Waals surface area contributed by atoms with Crippen LogP contribution in [0.1, 0.15) is 0 Å². The molecule has 42 heavy (non-hydrogen) atoms. The predicted octanol–water partition coefficient (Wildman–Crippen LogP) is 8.61. The second kappa shape index (κ2) is 8.99. The molecule has 0 saturated heterocycles. The number of hydrogen-bond donors (Lipinski definition) is 0. The van der Waals surface area contributed by atoms with Crippen molar-refractivity contribution in [2.24, 2.45) is 0 Å². The SMILES string of the molecule is c1ccc(-c2nc(-c3ccccc3)nc(-n3c4cc5cncnc5cc4c4ccc5c6ccccc6sc5c43)n2)cc1. The molecule has 4 aromatic heterocycles. The number of hydrogen-bond acceptors (Lipinski definition) is 6. The maximum Gasteiger partial charge on any atom is 0.238 e. The van der Waals surface area contributed by atoms with Gasteiger partial charge in [0.25, 0.3) is 0 Å². The average Bonchev–Trinajstić information content (AvgIpc) is 3.60. The first-order valence-electron chi connectivity index (χ1n) is 13.7. The van der Waals surface area contributed by atoms with Crippen LogP contribution in [0.5, 0.6) is 0 Å². The van der Waals surface area contributed by atoms with Crippen molar-refractivity contribution in [2.45, 2.75) is 0 Å². The molecule has 0 aliphatic rings. The molecule has 0 amide bonds. The highest BCUT2D eigenvalue weighted by atomic mass is 32.1. The average molecular weight is 557 g/mol.